The van der Waals surface area contributed by atoms with Crippen molar-refractivity contribution in [2.24, 2.45) is 5.73 Å². The van der Waals surface area contributed by atoms with Crippen LogP contribution in [-0.4, -0.2) is 5.11 Å². The number of benzene rings is 1. The molecular formula is C12H13FN2O. The third-order valence-corrected chi connectivity index (χ3v) is 2.35. The second-order valence-corrected chi connectivity index (χ2v) is 3.44. The van der Waals surface area contributed by atoms with Gasteiger partial charge in [-0.1, -0.05) is 12.1 Å². The molecule has 0 aliphatic heterocycles. The number of halogens is 1. The van der Waals surface area contributed by atoms with Gasteiger partial charge in [-0.05, 0) is 18.9 Å². The lowest BCUT2D eigenvalue weighted by molar-refractivity contribution is 0.450. The van der Waals surface area contributed by atoms with Crippen molar-refractivity contribution >= 4 is 0 Å². The molecule has 0 heterocycles. The van der Waals surface area contributed by atoms with E-state index in [1.807, 2.05) is 0 Å². The van der Waals surface area contributed by atoms with Gasteiger partial charge in [-0.25, -0.2) is 4.39 Å². The fourth-order valence-corrected chi connectivity index (χ4v) is 1.44. The van der Waals surface area contributed by atoms with E-state index < -0.39 is 11.9 Å². The summed E-state index contributed by atoms with van der Waals surface area (Å²) in [6.45, 7) is 3.57. The van der Waals surface area contributed by atoms with Crippen LogP contribution in [-0.2, 0) is 0 Å². The van der Waals surface area contributed by atoms with E-state index in [0.717, 1.165) is 6.07 Å². The van der Waals surface area contributed by atoms with Gasteiger partial charge in [0.25, 0.3) is 0 Å². The van der Waals surface area contributed by atoms with Crippen LogP contribution in [0.25, 0.3) is 0 Å². The van der Waals surface area contributed by atoms with Crippen molar-refractivity contribution in [3.8, 4) is 11.8 Å². The van der Waals surface area contributed by atoms with Gasteiger partial charge in [0.15, 0.2) is 0 Å². The minimum atomic E-state index is -0.736. The van der Waals surface area contributed by atoms with E-state index >= 15 is 0 Å². The summed E-state index contributed by atoms with van der Waals surface area (Å²) in [7, 11) is 0. The highest BCUT2D eigenvalue weighted by atomic mass is 19.1. The third kappa shape index (κ3) is 2.38. The average molecular weight is 220 g/mol. The van der Waals surface area contributed by atoms with Crippen LogP contribution < -0.4 is 5.73 Å². The van der Waals surface area contributed by atoms with E-state index in [0.29, 0.717) is 18.4 Å². The lowest BCUT2D eigenvalue weighted by Gasteiger charge is -2.13. The Balaban J connectivity index is 3.06. The van der Waals surface area contributed by atoms with Crippen LogP contribution in [0.15, 0.2) is 24.8 Å². The Bertz CT molecular complexity index is 437. The van der Waals surface area contributed by atoms with Gasteiger partial charge < -0.3 is 10.8 Å². The number of nitrogens with zero attached hydrogens (tertiary/aromatic N) is 1. The van der Waals surface area contributed by atoms with Crippen molar-refractivity contribution in [3.63, 3.8) is 0 Å². The van der Waals surface area contributed by atoms with E-state index in [4.69, 9.17) is 11.0 Å². The number of phenolic OH excluding ortho intramolecular Hbond substituents is 1. The molecule has 0 bridgehead atoms. The molecule has 3 nitrogen and oxygen atoms in total. The first kappa shape index (κ1) is 12.2. The number of nitrogens with two attached hydrogens (primary N) is 1. The Morgan fingerprint density at radius 2 is 2.31 bits per heavy atom. The second-order valence-electron chi connectivity index (χ2n) is 3.44. The molecule has 3 N–H and O–H groups in total. The normalized spacial score (nSPS) is 11.8. The van der Waals surface area contributed by atoms with Crippen LogP contribution in [0.4, 0.5) is 4.39 Å². The molecule has 0 spiro atoms. The third-order valence-electron chi connectivity index (χ3n) is 2.35. The summed E-state index contributed by atoms with van der Waals surface area (Å²) in [6, 6.07) is 3.73. The number of phenols is 1. The standard InChI is InChI=1S/C12H13FN2O/c1-2-3-4-11(15)8-5-6-10(13)9(7-14)12(8)16/h2,5-6,11,16H,1,3-4,15H2/t11-/m1/s1. The summed E-state index contributed by atoms with van der Waals surface area (Å²) in [5.41, 5.74) is 5.85. The highest BCUT2D eigenvalue weighted by Gasteiger charge is 2.16. The Hall–Kier alpha value is -1.86. The van der Waals surface area contributed by atoms with E-state index in [2.05, 4.69) is 6.58 Å². The van der Waals surface area contributed by atoms with E-state index in [9.17, 15) is 9.50 Å². The molecule has 0 aliphatic rings. The summed E-state index contributed by atoms with van der Waals surface area (Å²) in [5, 5.41) is 18.3. The Morgan fingerprint density at radius 1 is 1.62 bits per heavy atom. The summed E-state index contributed by atoms with van der Waals surface area (Å²) in [5.74, 6) is -1.10. The van der Waals surface area contributed by atoms with E-state index in [-0.39, 0.29) is 11.3 Å². The largest absolute Gasteiger partial charge is 0.506 e. The molecule has 0 saturated heterocycles. The molecule has 1 aromatic rings. The molecule has 16 heavy (non-hydrogen) atoms. The maximum absolute atomic E-state index is 13.1. The highest BCUT2D eigenvalue weighted by molar-refractivity contribution is 5.49. The van der Waals surface area contributed by atoms with Crippen molar-refractivity contribution in [1.29, 1.82) is 5.26 Å². The summed E-state index contributed by atoms with van der Waals surface area (Å²) in [6.07, 6.45) is 3.00. The zero-order valence-corrected chi connectivity index (χ0v) is 8.78. The van der Waals surface area contributed by atoms with Gasteiger partial charge in [-0.15, -0.1) is 6.58 Å². The zero-order chi connectivity index (χ0) is 12.1. The van der Waals surface area contributed by atoms with E-state index in [1.54, 1.807) is 12.1 Å². The molecule has 84 valence electrons. The van der Waals surface area contributed by atoms with E-state index in [1.165, 1.54) is 6.07 Å². The molecule has 1 aromatic carbocycles. The number of rotatable bonds is 4. The second kappa shape index (κ2) is 5.29. The number of hydrogen-bond donors (Lipinski definition) is 2. The lowest BCUT2D eigenvalue weighted by Crippen LogP contribution is -2.10. The number of nitriles is 1. The minimum Gasteiger partial charge on any atom is -0.506 e. The molecular weight excluding hydrogens is 207 g/mol. The van der Waals surface area contributed by atoms with Gasteiger partial charge in [0.1, 0.15) is 23.2 Å². The number of allylic oxidation sites excluding steroid dienone is 1. The molecule has 0 fully saturated rings. The molecule has 1 atom stereocenters. The summed E-state index contributed by atoms with van der Waals surface area (Å²) < 4.78 is 13.1. The SMILES string of the molecule is C=CCC[C@@H](N)c1ccc(F)c(C#N)c1O. The Kier molecular flexibility index (Phi) is 4.03. The maximum Gasteiger partial charge on any atom is 0.144 e. The molecule has 0 aromatic heterocycles. The fourth-order valence-electron chi connectivity index (χ4n) is 1.44. The van der Waals surface area contributed by atoms with Gasteiger partial charge >= 0.3 is 0 Å². The first-order valence-corrected chi connectivity index (χ1v) is 4.89. The van der Waals surface area contributed by atoms with Crippen molar-refractivity contribution in [2.45, 2.75) is 18.9 Å². The Labute approximate surface area is 93.6 Å². The van der Waals surface area contributed by atoms with Crippen molar-refractivity contribution in [1.82, 2.24) is 0 Å². The number of hydrogen-bond acceptors (Lipinski definition) is 3. The first-order valence-electron chi connectivity index (χ1n) is 4.89. The van der Waals surface area contributed by atoms with Gasteiger partial charge in [0.05, 0.1) is 0 Å². The van der Waals surface area contributed by atoms with Gasteiger partial charge in [0.2, 0.25) is 0 Å². The molecule has 1 rings (SSSR count). The topological polar surface area (TPSA) is 70.0 Å². The fraction of sp³-hybridized carbons (Fsp3) is 0.250. The molecule has 0 aliphatic carbocycles. The van der Waals surface area contributed by atoms with Crippen LogP contribution >= 0.6 is 0 Å². The van der Waals surface area contributed by atoms with Gasteiger partial charge in [-0.3, -0.25) is 0 Å². The van der Waals surface area contributed by atoms with Crippen LogP contribution in [0, 0.1) is 17.1 Å². The molecule has 0 unspecified atom stereocenters. The first-order chi connectivity index (χ1) is 7.61. The van der Waals surface area contributed by atoms with Crippen LogP contribution in [0.3, 0.4) is 0 Å². The Morgan fingerprint density at radius 3 is 2.88 bits per heavy atom. The van der Waals surface area contributed by atoms with Gasteiger partial charge in [0, 0.05) is 11.6 Å². The molecule has 0 radical (unpaired) electrons. The van der Waals surface area contributed by atoms with Crippen LogP contribution in [0.1, 0.15) is 30.0 Å². The summed E-state index contributed by atoms with van der Waals surface area (Å²) in [4.78, 5) is 0. The van der Waals surface area contributed by atoms with Crippen molar-refractivity contribution < 1.29 is 9.50 Å². The van der Waals surface area contributed by atoms with Crippen molar-refractivity contribution in [3.05, 3.63) is 41.7 Å². The predicted molar refractivity (Wildman–Crippen MR) is 59.1 cm³/mol. The average Bonchev–Trinajstić information content (AvgIpc) is 2.26. The quantitative estimate of drug-likeness (QED) is 0.765. The smallest absolute Gasteiger partial charge is 0.144 e. The summed E-state index contributed by atoms with van der Waals surface area (Å²) >= 11 is 0. The van der Waals surface area contributed by atoms with Crippen molar-refractivity contribution in [2.75, 3.05) is 0 Å². The molecule has 0 saturated carbocycles. The minimum absolute atomic E-state index is 0.355. The monoisotopic (exact) mass is 220 g/mol. The highest BCUT2D eigenvalue weighted by Crippen LogP contribution is 2.30. The number of aromatic hydroxyl groups is 1. The molecule has 0 amide bonds. The van der Waals surface area contributed by atoms with Crippen LogP contribution in [0.2, 0.25) is 0 Å². The zero-order valence-electron chi connectivity index (χ0n) is 8.78. The van der Waals surface area contributed by atoms with Crippen LogP contribution in [0.5, 0.6) is 5.75 Å². The lowest BCUT2D eigenvalue weighted by atomic mass is 9.99. The van der Waals surface area contributed by atoms with Gasteiger partial charge in [-0.2, -0.15) is 5.26 Å². The predicted octanol–water partition coefficient (Wildman–Crippen LogP) is 2.37. The molecule has 4 heteroatoms. The maximum atomic E-state index is 13.1.